The lowest BCUT2D eigenvalue weighted by atomic mass is 9.64. The van der Waals surface area contributed by atoms with Gasteiger partial charge in [0.15, 0.2) is 0 Å². The predicted octanol–water partition coefficient (Wildman–Crippen LogP) is 2.24. The van der Waals surface area contributed by atoms with E-state index in [9.17, 15) is 27.6 Å². The number of amides is 4. The van der Waals surface area contributed by atoms with Gasteiger partial charge in [0.25, 0.3) is 5.91 Å². The molecule has 0 unspecified atom stereocenters. The Labute approximate surface area is 192 Å². The summed E-state index contributed by atoms with van der Waals surface area (Å²) >= 11 is 0. The van der Waals surface area contributed by atoms with Crippen LogP contribution < -0.4 is 5.32 Å². The Hall–Kier alpha value is -1.88. The summed E-state index contributed by atoms with van der Waals surface area (Å²) in [4.78, 5) is 43.4. The first kappa shape index (κ1) is 25.7. The lowest BCUT2D eigenvalue weighted by molar-refractivity contribution is -0.174. The topological polar surface area (TPSA) is 82.2 Å². The van der Waals surface area contributed by atoms with E-state index >= 15 is 0 Å². The molecule has 3 aliphatic rings. The highest BCUT2D eigenvalue weighted by Gasteiger charge is 2.56. The summed E-state index contributed by atoms with van der Waals surface area (Å²) in [6.07, 6.45) is -1.72. The Morgan fingerprint density at radius 3 is 2.42 bits per heavy atom. The molecule has 0 aromatic heterocycles. The molecule has 0 bridgehead atoms. The third-order valence-corrected chi connectivity index (χ3v) is 6.67. The average molecular weight is 477 g/mol. The summed E-state index contributed by atoms with van der Waals surface area (Å²) in [5.41, 5.74) is -1.000. The minimum atomic E-state index is -4.31. The fourth-order valence-electron chi connectivity index (χ4n) is 5.68. The monoisotopic (exact) mass is 476 g/mol. The highest BCUT2D eigenvalue weighted by Crippen LogP contribution is 2.46. The molecule has 1 spiro atoms. The van der Waals surface area contributed by atoms with Crippen molar-refractivity contribution in [3.05, 3.63) is 0 Å². The fraction of sp³-hybridized carbons (Fsp3) is 0.864. The maximum Gasteiger partial charge on any atom is 0.411 e. The molecular formula is C22H35F3N4O4. The number of ether oxygens (including phenoxy) is 1. The molecule has 33 heavy (non-hydrogen) atoms. The van der Waals surface area contributed by atoms with Crippen LogP contribution in [-0.4, -0.2) is 96.7 Å². The van der Waals surface area contributed by atoms with Crippen molar-refractivity contribution >= 4 is 17.8 Å². The van der Waals surface area contributed by atoms with E-state index in [2.05, 4.69) is 35.7 Å². The number of hydrogen-bond acceptors (Lipinski definition) is 5. The normalized spacial score (nSPS) is 28.5. The van der Waals surface area contributed by atoms with Gasteiger partial charge in [0.2, 0.25) is 5.91 Å². The molecule has 3 rings (SSSR count). The number of carbonyl (C=O) groups is 3. The van der Waals surface area contributed by atoms with Gasteiger partial charge in [0.1, 0.15) is 18.7 Å². The summed E-state index contributed by atoms with van der Waals surface area (Å²) in [5.74, 6) is -0.287. The van der Waals surface area contributed by atoms with Gasteiger partial charge in [-0.15, -0.1) is 0 Å². The van der Waals surface area contributed by atoms with Gasteiger partial charge in [-0.3, -0.25) is 19.4 Å². The molecule has 8 nitrogen and oxygen atoms in total. The molecule has 1 aliphatic carbocycles. The van der Waals surface area contributed by atoms with Crippen LogP contribution in [0, 0.1) is 11.3 Å². The van der Waals surface area contributed by atoms with Crippen molar-refractivity contribution in [3.8, 4) is 0 Å². The summed E-state index contributed by atoms with van der Waals surface area (Å²) in [6, 6.07) is -0.504. The Bertz CT molecular complexity index is 752. The molecule has 2 atom stereocenters. The van der Waals surface area contributed by atoms with Crippen molar-refractivity contribution in [2.24, 2.45) is 11.3 Å². The maximum absolute atomic E-state index is 13.2. The van der Waals surface area contributed by atoms with E-state index in [0.717, 1.165) is 11.3 Å². The lowest BCUT2D eigenvalue weighted by Gasteiger charge is -2.43. The predicted molar refractivity (Wildman–Crippen MR) is 114 cm³/mol. The zero-order chi connectivity index (χ0) is 24.4. The maximum atomic E-state index is 13.2. The Kier molecular flexibility index (Phi) is 7.62. The number of imide groups is 1. The number of urea groups is 1. The smallest absolute Gasteiger partial charge is 0.372 e. The number of carbonyl (C=O) groups excluding carboxylic acids is 3. The standard InChI is InChI=1S/C22H35F3N4O4/c1-16-11-20(2,3)14-21(12-16)18(31)29(19(32)26-21)13-17(30)28-8-6-27(7-9-28)5-4-10-33-15-22(23,24)25/h16H,4-15H2,1-3H3,(H,26,32)/t16-,21+/m1/s1. The number of alkyl halides is 3. The second kappa shape index (κ2) is 9.77. The van der Waals surface area contributed by atoms with Crippen molar-refractivity contribution in [2.45, 2.75) is 58.2 Å². The molecule has 1 N–H and O–H groups in total. The third kappa shape index (κ3) is 6.59. The highest BCUT2D eigenvalue weighted by molar-refractivity contribution is 6.09. The van der Waals surface area contributed by atoms with Crippen LogP contribution in [0.3, 0.4) is 0 Å². The molecule has 0 aromatic rings. The molecule has 2 heterocycles. The van der Waals surface area contributed by atoms with E-state index in [0.29, 0.717) is 57.9 Å². The van der Waals surface area contributed by atoms with Crippen molar-refractivity contribution in [3.63, 3.8) is 0 Å². The number of rotatable bonds is 7. The Balaban J connectivity index is 1.45. The molecule has 0 radical (unpaired) electrons. The molecule has 11 heteroatoms. The van der Waals surface area contributed by atoms with Gasteiger partial charge >= 0.3 is 12.2 Å². The molecule has 0 aromatic carbocycles. The number of nitrogens with one attached hydrogen (secondary N) is 1. The highest BCUT2D eigenvalue weighted by atomic mass is 19.4. The van der Waals surface area contributed by atoms with E-state index in [4.69, 9.17) is 0 Å². The number of piperazine rings is 1. The van der Waals surface area contributed by atoms with Gasteiger partial charge < -0.3 is 15.0 Å². The Morgan fingerprint density at radius 1 is 1.15 bits per heavy atom. The van der Waals surface area contributed by atoms with E-state index in [1.165, 1.54) is 0 Å². The van der Waals surface area contributed by atoms with Crippen LogP contribution in [0.2, 0.25) is 0 Å². The summed E-state index contributed by atoms with van der Waals surface area (Å²) in [7, 11) is 0. The molecule has 1 saturated carbocycles. The first-order valence-corrected chi connectivity index (χ1v) is 11.6. The van der Waals surface area contributed by atoms with Crippen molar-refractivity contribution < 1.29 is 32.3 Å². The van der Waals surface area contributed by atoms with Crippen LogP contribution in [0.5, 0.6) is 0 Å². The van der Waals surface area contributed by atoms with Crippen molar-refractivity contribution in [2.75, 3.05) is 52.5 Å². The second-order valence-electron chi connectivity index (χ2n) is 10.5. The van der Waals surface area contributed by atoms with Crippen LogP contribution in [0.15, 0.2) is 0 Å². The van der Waals surface area contributed by atoms with Gasteiger partial charge in [0, 0.05) is 39.3 Å². The summed E-state index contributed by atoms with van der Waals surface area (Å²) in [6.45, 7) is 7.44. The first-order chi connectivity index (χ1) is 15.3. The Morgan fingerprint density at radius 2 is 1.82 bits per heavy atom. The molecular weight excluding hydrogens is 441 g/mol. The van der Waals surface area contributed by atoms with Gasteiger partial charge in [-0.05, 0) is 37.0 Å². The molecule has 4 amide bonds. The van der Waals surface area contributed by atoms with Gasteiger partial charge in [-0.1, -0.05) is 20.8 Å². The quantitative estimate of drug-likeness (QED) is 0.450. The zero-order valence-corrected chi connectivity index (χ0v) is 19.7. The fourth-order valence-corrected chi connectivity index (χ4v) is 5.68. The SMILES string of the molecule is C[C@@H]1CC(C)(C)C[C@]2(C1)NC(=O)N(CC(=O)N1CCN(CCCOCC(F)(F)F)CC1)C2=O. The zero-order valence-electron chi connectivity index (χ0n) is 19.7. The largest absolute Gasteiger partial charge is 0.411 e. The second-order valence-corrected chi connectivity index (χ2v) is 10.5. The lowest BCUT2D eigenvalue weighted by Crippen LogP contribution is -2.55. The van der Waals surface area contributed by atoms with Crippen LogP contribution in [0.25, 0.3) is 0 Å². The average Bonchev–Trinajstić information content (AvgIpc) is 2.89. The van der Waals surface area contributed by atoms with Crippen LogP contribution in [-0.2, 0) is 14.3 Å². The minimum Gasteiger partial charge on any atom is -0.372 e. The third-order valence-electron chi connectivity index (χ3n) is 6.67. The van der Waals surface area contributed by atoms with E-state index in [1.807, 2.05) is 0 Å². The molecule has 3 fully saturated rings. The van der Waals surface area contributed by atoms with E-state index in [1.54, 1.807) is 4.90 Å². The van der Waals surface area contributed by atoms with Crippen LogP contribution in [0.1, 0.15) is 46.5 Å². The van der Waals surface area contributed by atoms with E-state index < -0.39 is 24.4 Å². The number of hydrogen-bond donors (Lipinski definition) is 1. The minimum absolute atomic E-state index is 0.0298. The van der Waals surface area contributed by atoms with Crippen LogP contribution >= 0.6 is 0 Å². The van der Waals surface area contributed by atoms with Gasteiger partial charge in [0.05, 0.1) is 0 Å². The molecule has 188 valence electrons. The first-order valence-electron chi connectivity index (χ1n) is 11.6. The van der Waals surface area contributed by atoms with E-state index in [-0.39, 0.29) is 30.4 Å². The number of nitrogens with zero attached hydrogens (tertiary/aromatic N) is 3. The van der Waals surface area contributed by atoms with Crippen molar-refractivity contribution in [1.82, 2.24) is 20.0 Å². The van der Waals surface area contributed by atoms with Gasteiger partial charge in [-0.25, -0.2) is 4.79 Å². The van der Waals surface area contributed by atoms with Gasteiger partial charge in [-0.2, -0.15) is 13.2 Å². The number of halogens is 3. The summed E-state index contributed by atoms with van der Waals surface area (Å²) in [5, 5.41) is 2.89. The van der Waals surface area contributed by atoms with Crippen molar-refractivity contribution in [1.29, 1.82) is 0 Å². The molecule has 2 saturated heterocycles. The molecule has 2 aliphatic heterocycles. The van der Waals surface area contributed by atoms with Crippen LogP contribution in [0.4, 0.5) is 18.0 Å². The summed E-state index contributed by atoms with van der Waals surface area (Å²) < 4.78 is 40.9.